The van der Waals surface area contributed by atoms with E-state index in [-0.39, 0.29) is 12.3 Å². The molecule has 5 nitrogen and oxygen atoms in total. The summed E-state index contributed by atoms with van der Waals surface area (Å²) in [6.45, 7) is 0.510. The lowest BCUT2D eigenvalue weighted by Gasteiger charge is -2.13. The van der Waals surface area contributed by atoms with Gasteiger partial charge in [0.05, 0.1) is 6.54 Å². The monoisotopic (exact) mass is 382 g/mol. The SMILES string of the molecule is CCNC(=NCc1cc(Cl)ccc1OC(F)F)NCCc1ccccn1. The largest absolute Gasteiger partial charge is 0.434 e. The second kappa shape index (κ2) is 10.6. The second-order valence-electron chi connectivity index (χ2n) is 5.32. The van der Waals surface area contributed by atoms with Crippen molar-refractivity contribution in [3.63, 3.8) is 0 Å². The highest BCUT2D eigenvalue weighted by Crippen LogP contribution is 2.25. The topological polar surface area (TPSA) is 58.5 Å². The fraction of sp³-hybridized carbons (Fsp3) is 0.333. The van der Waals surface area contributed by atoms with E-state index in [9.17, 15) is 8.78 Å². The number of aromatic nitrogens is 1. The molecular weight excluding hydrogens is 362 g/mol. The van der Waals surface area contributed by atoms with Gasteiger partial charge in [-0.05, 0) is 37.3 Å². The van der Waals surface area contributed by atoms with E-state index in [0.717, 1.165) is 12.1 Å². The van der Waals surface area contributed by atoms with E-state index >= 15 is 0 Å². The van der Waals surface area contributed by atoms with Gasteiger partial charge < -0.3 is 15.4 Å². The maximum atomic E-state index is 12.5. The first-order chi connectivity index (χ1) is 12.6. The van der Waals surface area contributed by atoms with Crippen LogP contribution in [0.15, 0.2) is 47.6 Å². The molecule has 0 aliphatic rings. The minimum absolute atomic E-state index is 0.0671. The molecule has 2 rings (SSSR count). The van der Waals surface area contributed by atoms with Crippen molar-refractivity contribution in [3.8, 4) is 5.75 Å². The predicted octanol–water partition coefficient (Wildman–Crippen LogP) is 3.63. The van der Waals surface area contributed by atoms with Crippen molar-refractivity contribution in [2.75, 3.05) is 13.1 Å². The summed E-state index contributed by atoms with van der Waals surface area (Å²) in [6.07, 6.45) is 2.49. The number of benzene rings is 1. The molecule has 0 bridgehead atoms. The normalized spacial score (nSPS) is 11.5. The first-order valence-electron chi connectivity index (χ1n) is 8.23. The van der Waals surface area contributed by atoms with Gasteiger partial charge in [-0.1, -0.05) is 17.7 Å². The van der Waals surface area contributed by atoms with E-state index in [2.05, 4.69) is 25.3 Å². The first kappa shape index (κ1) is 19.9. The maximum Gasteiger partial charge on any atom is 0.387 e. The predicted molar refractivity (Wildman–Crippen MR) is 98.8 cm³/mol. The summed E-state index contributed by atoms with van der Waals surface area (Å²) in [5.74, 6) is 0.642. The number of rotatable bonds is 8. The van der Waals surface area contributed by atoms with Crippen LogP contribution in [-0.4, -0.2) is 30.6 Å². The van der Waals surface area contributed by atoms with Crippen LogP contribution in [0.4, 0.5) is 8.78 Å². The van der Waals surface area contributed by atoms with Crippen LogP contribution in [0, 0.1) is 0 Å². The number of aliphatic imine (C=N–C) groups is 1. The van der Waals surface area contributed by atoms with E-state index in [0.29, 0.717) is 29.6 Å². The van der Waals surface area contributed by atoms with Crippen LogP contribution < -0.4 is 15.4 Å². The molecule has 0 unspecified atom stereocenters. The summed E-state index contributed by atoms with van der Waals surface area (Å²) in [6, 6.07) is 10.2. The number of hydrogen-bond donors (Lipinski definition) is 2. The lowest BCUT2D eigenvalue weighted by Crippen LogP contribution is -2.38. The highest BCUT2D eigenvalue weighted by Gasteiger charge is 2.10. The third-order valence-electron chi connectivity index (χ3n) is 3.39. The van der Waals surface area contributed by atoms with Crippen molar-refractivity contribution in [1.29, 1.82) is 0 Å². The number of ether oxygens (including phenoxy) is 1. The van der Waals surface area contributed by atoms with E-state index in [1.54, 1.807) is 12.3 Å². The second-order valence-corrected chi connectivity index (χ2v) is 5.76. The molecule has 140 valence electrons. The molecule has 0 spiro atoms. The number of hydrogen-bond acceptors (Lipinski definition) is 3. The van der Waals surface area contributed by atoms with Gasteiger partial charge >= 0.3 is 6.61 Å². The third kappa shape index (κ3) is 6.84. The molecule has 0 atom stereocenters. The molecule has 1 aromatic carbocycles. The Morgan fingerprint density at radius 3 is 2.81 bits per heavy atom. The van der Waals surface area contributed by atoms with Gasteiger partial charge in [-0.3, -0.25) is 4.98 Å². The van der Waals surface area contributed by atoms with Crippen LogP contribution in [0.1, 0.15) is 18.2 Å². The Morgan fingerprint density at radius 2 is 2.12 bits per heavy atom. The van der Waals surface area contributed by atoms with Gasteiger partial charge in [0.1, 0.15) is 5.75 Å². The summed E-state index contributed by atoms with van der Waals surface area (Å²) in [4.78, 5) is 8.68. The number of halogens is 3. The summed E-state index contributed by atoms with van der Waals surface area (Å²) < 4.78 is 29.6. The van der Waals surface area contributed by atoms with Gasteiger partial charge in [-0.15, -0.1) is 0 Å². The molecule has 0 aliphatic carbocycles. The molecule has 0 aliphatic heterocycles. The highest BCUT2D eigenvalue weighted by molar-refractivity contribution is 6.30. The zero-order valence-corrected chi connectivity index (χ0v) is 15.1. The zero-order chi connectivity index (χ0) is 18.8. The number of guanidine groups is 1. The van der Waals surface area contributed by atoms with E-state index in [4.69, 9.17) is 11.6 Å². The average Bonchev–Trinajstić information content (AvgIpc) is 2.62. The van der Waals surface area contributed by atoms with Crippen LogP contribution >= 0.6 is 11.6 Å². The van der Waals surface area contributed by atoms with Gasteiger partial charge in [-0.2, -0.15) is 8.78 Å². The summed E-state index contributed by atoms with van der Waals surface area (Å²) in [5, 5.41) is 6.74. The fourth-order valence-corrected chi connectivity index (χ4v) is 2.44. The minimum atomic E-state index is -2.90. The lowest BCUT2D eigenvalue weighted by atomic mass is 10.2. The molecular formula is C18H21ClF2N4O. The molecule has 0 saturated carbocycles. The number of alkyl halides is 2. The van der Waals surface area contributed by atoms with E-state index in [1.807, 2.05) is 25.1 Å². The van der Waals surface area contributed by atoms with Crippen LogP contribution in [0.3, 0.4) is 0 Å². The quantitative estimate of drug-likeness (QED) is 0.540. The Hall–Kier alpha value is -2.41. The molecule has 8 heteroatoms. The Bertz CT molecular complexity index is 714. The smallest absolute Gasteiger partial charge is 0.387 e. The van der Waals surface area contributed by atoms with Gasteiger partial charge in [-0.25, -0.2) is 4.99 Å². The summed E-state index contributed by atoms with van der Waals surface area (Å²) >= 11 is 5.95. The molecule has 0 fully saturated rings. The van der Waals surface area contributed by atoms with Crippen molar-refractivity contribution in [3.05, 3.63) is 58.9 Å². The van der Waals surface area contributed by atoms with Crippen molar-refractivity contribution in [1.82, 2.24) is 15.6 Å². The average molecular weight is 383 g/mol. The molecule has 2 N–H and O–H groups in total. The molecule has 1 aromatic heterocycles. The van der Waals surface area contributed by atoms with Gasteiger partial charge in [0.2, 0.25) is 0 Å². The van der Waals surface area contributed by atoms with Crippen molar-refractivity contribution in [2.24, 2.45) is 4.99 Å². The van der Waals surface area contributed by atoms with Crippen LogP contribution in [0.5, 0.6) is 5.75 Å². The number of nitrogens with one attached hydrogen (secondary N) is 2. The zero-order valence-electron chi connectivity index (χ0n) is 14.4. The minimum Gasteiger partial charge on any atom is -0.434 e. The molecule has 0 amide bonds. The molecule has 0 radical (unpaired) electrons. The molecule has 2 aromatic rings. The van der Waals surface area contributed by atoms with Crippen molar-refractivity contribution in [2.45, 2.75) is 26.5 Å². The first-order valence-corrected chi connectivity index (χ1v) is 8.61. The maximum absolute atomic E-state index is 12.5. The standard InChI is InChI=1S/C18H21ClF2N4O/c1-2-22-18(24-10-8-15-5-3-4-9-23-15)25-12-13-11-14(19)6-7-16(13)26-17(20)21/h3-7,9,11,17H,2,8,10,12H2,1H3,(H2,22,24,25). The Morgan fingerprint density at radius 1 is 1.27 bits per heavy atom. The van der Waals surface area contributed by atoms with Gasteiger partial charge in [0, 0.05) is 42.0 Å². The molecule has 0 saturated heterocycles. The van der Waals surface area contributed by atoms with Crippen LogP contribution in [0.2, 0.25) is 5.02 Å². The number of pyridine rings is 1. The Balaban J connectivity index is 2.00. The Labute approximate surface area is 156 Å². The van der Waals surface area contributed by atoms with Crippen molar-refractivity contribution < 1.29 is 13.5 Å². The lowest BCUT2D eigenvalue weighted by molar-refractivity contribution is -0.0504. The summed E-state index contributed by atoms with van der Waals surface area (Å²) in [7, 11) is 0. The number of nitrogens with zero attached hydrogens (tertiary/aromatic N) is 2. The van der Waals surface area contributed by atoms with Gasteiger partial charge in [0.15, 0.2) is 5.96 Å². The summed E-state index contributed by atoms with van der Waals surface area (Å²) in [5.41, 5.74) is 1.46. The fourth-order valence-electron chi connectivity index (χ4n) is 2.24. The third-order valence-corrected chi connectivity index (χ3v) is 3.63. The Kier molecular flexibility index (Phi) is 8.08. The van der Waals surface area contributed by atoms with E-state index < -0.39 is 6.61 Å². The molecule has 1 heterocycles. The molecule has 26 heavy (non-hydrogen) atoms. The van der Waals surface area contributed by atoms with Crippen LogP contribution in [0.25, 0.3) is 0 Å². The highest BCUT2D eigenvalue weighted by atomic mass is 35.5. The van der Waals surface area contributed by atoms with Crippen molar-refractivity contribution >= 4 is 17.6 Å². The van der Waals surface area contributed by atoms with E-state index in [1.165, 1.54) is 12.1 Å². The van der Waals surface area contributed by atoms with Gasteiger partial charge in [0.25, 0.3) is 0 Å². The van der Waals surface area contributed by atoms with Crippen LogP contribution in [-0.2, 0) is 13.0 Å².